The maximum absolute atomic E-state index is 12.3. The Morgan fingerprint density at radius 3 is 2.69 bits per heavy atom. The lowest BCUT2D eigenvalue weighted by Gasteiger charge is -2.23. The fourth-order valence-electron chi connectivity index (χ4n) is 2.56. The van der Waals surface area contributed by atoms with E-state index in [1.54, 1.807) is 11.3 Å². The average Bonchev–Trinajstić information content (AvgIpc) is 3.12. The molecule has 1 atom stereocenters. The fraction of sp³-hybridized carbons (Fsp3) is 0.421. The van der Waals surface area contributed by atoms with Crippen LogP contribution in [0.2, 0.25) is 0 Å². The summed E-state index contributed by atoms with van der Waals surface area (Å²) in [6.07, 6.45) is 0. The van der Waals surface area contributed by atoms with Gasteiger partial charge in [0.2, 0.25) is 5.91 Å². The van der Waals surface area contributed by atoms with Gasteiger partial charge in [-0.3, -0.25) is 4.79 Å². The number of carbonyl (C=O) groups is 1. The monoisotopic (exact) mass is 388 g/mol. The Balaban J connectivity index is 1.98. The number of thioether (sulfide) groups is 1. The van der Waals surface area contributed by atoms with Crippen LogP contribution in [0.25, 0.3) is 0 Å². The van der Waals surface area contributed by atoms with Crippen molar-refractivity contribution in [2.24, 2.45) is 0 Å². The summed E-state index contributed by atoms with van der Waals surface area (Å²) in [6, 6.07) is 6.47. The zero-order valence-corrected chi connectivity index (χ0v) is 17.4. The number of hydrogen-bond acceptors (Lipinski definition) is 6. The summed E-state index contributed by atoms with van der Waals surface area (Å²) in [5.74, 6) is 0.189. The topological polar surface area (TPSA) is 69.0 Å². The van der Waals surface area contributed by atoms with Crippen molar-refractivity contribution in [1.29, 1.82) is 5.26 Å². The van der Waals surface area contributed by atoms with Gasteiger partial charge in [-0.2, -0.15) is 5.26 Å². The Morgan fingerprint density at radius 1 is 1.38 bits per heavy atom. The predicted octanol–water partition coefficient (Wildman–Crippen LogP) is 3.45. The number of nitriles is 1. The van der Waals surface area contributed by atoms with E-state index in [9.17, 15) is 10.1 Å². The maximum Gasteiger partial charge on any atom is 0.230 e. The number of carbonyl (C=O) groups excluding carboxylic acids is 1. The van der Waals surface area contributed by atoms with Crippen molar-refractivity contribution >= 4 is 29.0 Å². The van der Waals surface area contributed by atoms with Gasteiger partial charge < -0.3 is 10.2 Å². The van der Waals surface area contributed by atoms with E-state index in [0.29, 0.717) is 17.1 Å². The Hall–Kier alpha value is -1.88. The Labute approximate surface area is 163 Å². The first-order valence-electron chi connectivity index (χ1n) is 8.32. The van der Waals surface area contributed by atoms with Gasteiger partial charge in [-0.25, -0.2) is 4.98 Å². The highest BCUT2D eigenvalue weighted by molar-refractivity contribution is 8.00. The normalized spacial score (nSPS) is 12.0. The summed E-state index contributed by atoms with van der Waals surface area (Å²) < 4.78 is 0. The number of pyridine rings is 1. The average molecular weight is 389 g/mol. The molecule has 5 nitrogen and oxygen atoms in total. The summed E-state index contributed by atoms with van der Waals surface area (Å²) in [7, 11) is 4.01. The number of hydrogen-bond donors (Lipinski definition) is 1. The van der Waals surface area contributed by atoms with E-state index < -0.39 is 0 Å². The molecule has 2 heterocycles. The van der Waals surface area contributed by atoms with Crippen LogP contribution in [-0.2, 0) is 4.79 Å². The molecule has 0 aromatic carbocycles. The minimum absolute atomic E-state index is 0.0556. The van der Waals surface area contributed by atoms with Gasteiger partial charge in [0.1, 0.15) is 11.1 Å². The summed E-state index contributed by atoms with van der Waals surface area (Å²) in [5.41, 5.74) is 3.43. The SMILES string of the molecule is Cc1nc(SCC(=O)NCC(c2cccs2)N(C)C)c(C#N)c(C)c1C. The van der Waals surface area contributed by atoms with Gasteiger partial charge in [0.05, 0.1) is 17.4 Å². The molecular formula is C19H24N4OS2. The minimum atomic E-state index is -0.0556. The van der Waals surface area contributed by atoms with Gasteiger partial charge in [-0.1, -0.05) is 17.8 Å². The van der Waals surface area contributed by atoms with Crippen LogP contribution in [-0.4, -0.2) is 42.2 Å². The second-order valence-corrected chi connectivity index (χ2v) is 8.27. The lowest BCUT2D eigenvalue weighted by atomic mass is 10.1. The van der Waals surface area contributed by atoms with Crippen molar-refractivity contribution in [1.82, 2.24) is 15.2 Å². The first-order chi connectivity index (χ1) is 12.3. The van der Waals surface area contributed by atoms with Crippen LogP contribution in [0.1, 0.15) is 33.3 Å². The van der Waals surface area contributed by atoms with Crippen molar-refractivity contribution in [2.45, 2.75) is 31.8 Å². The molecule has 138 valence electrons. The Morgan fingerprint density at radius 2 is 2.12 bits per heavy atom. The number of likely N-dealkylation sites (N-methyl/N-ethyl adjacent to an activating group) is 1. The third-order valence-electron chi connectivity index (χ3n) is 4.40. The molecule has 0 saturated heterocycles. The van der Waals surface area contributed by atoms with Crippen molar-refractivity contribution in [3.05, 3.63) is 44.8 Å². The summed E-state index contributed by atoms with van der Waals surface area (Å²) >= 11 is 3.00. The standard InChI is InChI=1S/C19H24N4OS2/c1-12-13(2)15(9-20)19(22-14(12)3)26-11-18(24)21-10-16(23(4)5)17-7-6-8-25-17/h6-8,16H,10-11H2,1-5H3,(H,21,24). The molecule has 1 amide bonds. The van der Waals surface area contributed by atoms with Crippen molar-refractivity contribution < 1.29 is 4.79 Å². The van der Waals surface area contributed by atoms with Gasteiger partial charge in [-0.15, -0.1) is 11.3 Å². The second-order valence-electron chi connectivity index (χ2n) is 6.33. The molecule has 2 aromatic heterocycles. The molecule has 0 fully saturated rings. The number of nitrogens with one attached hydrogen (secondary N) is 1. The van der Waals surface area contributed by atoms with E-state index in [4.69, 9.17) is 0 Å². The largest absolute Gasteiger partial charge is 0.353 e. The summed E-state index contributed by atoms with van der Waals surface area (Å²) in [6.45, 7) is 6.37. The Bertz CT molecular complexity index is 810. The van der Waals surface area contributed by atoms with E-state index in [-0.39, 0.29) is 17.7 Å². The molecule has 0 saturated carbocycles. The molecule has 2 rings (SSSR count). The molecular weight excluding hydrogens is 364 g/mol. The fourth-order valence-corrected chi connectivity index (χ4v) is 4.40. The highest BCUT2D eigenvalue weighted by atomic mass is 32.2. The van der Waals surface area contributed by atoms with Crippen molar-refractivity contribution in [3.8, 4) is 6.07 Å². The lowest BCUT2D eigenvalue weighted by molar-refractivity contribution is -0.118. The van der Waals surface area contributed by atoms with Gasteiger partial charge in [0.15, 0.2) is 0 Å². The number of amides is 1. The predicted molar refractivity (Wildman–Crippen MR) is 108 cm³/mol. The molecule has 0 bridgehead atoms. The van der Waals surface area contributed by atoms with Gasteiger partial charge in [0, 0.05) is 17.1 Å². The molecule has 0 aliphatic heterocycles. The molecule has 0 spiro atoms. The maximum atomic E-state index is 12.3. The van der Waals surface area contributed by atoms with E-state index in [0.717, 1.165) is 16.8 Å². The van der Waals surface area contributed by atoms with Crippen LogP contribution in [0, 0.1) is 32.1 Å². The highest BCUT2D eigenvalue weighted by Gasteiger charge is 2.17. The molecule has 0 aliphatic carbocycles. The number of aryl methyl sites for hydroxylation is 1. The van der Waals surface area contributed by atoms with E-state index in [1.807, 2.05) is 46.3 Å². The number of aromatic nitrogens is 1. The van der Waals surface area contributed by atoms with Crippen LogP contribution in [0.5, 0.6) is 0 Å². The molecule has 0 aliphatic rings. The molecule has 1 N–H and O–H groups in total. The molecule has 0 radical (unpaired) electrons. The van der Waals surface area contributed by atoms with Gasteiger partial charge in [-0.05, 0) is 57.4 Å². The van der Waals surface area contributed by atoms with E-state index >= 15 is 0 Å². The smallest absolute Gasteiger partial charge is 0.230 e. The summed E-state index contributed by atoms with van der Waals surface area (Å²) in [4.78, 5) is 20.1. The number of nitrogens with zero attached hydrogens (tertiary/aromatic N) is 3. The van der Waals surface area contributed by atoms with Crippen molar-refractivity contribution in [2.75, 3.05) is 26.4 Å². The second kappa shape index (κ2) is 9.17. The Kier molecular flexibility index (Phi) is 7.21. The zero-order chi connectivity index (χ0) is 19.3. The van der Waals surface area contributed by atoms with Crippen LogP contribution >= 0.6 is 23.1 Å². The number of thiophene rings is 1. The first-order valence-corrected chi connectivity index (χ1v) is 10.2. The first kappa shape index (κ1) is 20.4. The van der Waals surface area contributed by atoms with Crippen LogP contribution in [0.3, 0.4) is 0 Å². The van der Waals surface area contributed by atoms with Crippen molar-refractivity contribution in [3.63, 3.8) is 0 Å². The van der Waals surface area contributed by atoms with Gasteiger partial charge in [0.25, 0.3) is 0 Å². The highest BCUT2D eigenvalue weighted by Crippen LogP contribution is 2.26. The van der Waals surface area contributed by atoms with E-state index in [1.165, 1.54) is 16.6 Å². The minimum Gasteiger partial charge on any atom is -0.353 e. The molecule has 26 heavy (non-hydrogen) atoms. The molecule has 7 heteroatoms. The molecule has 2 aromatic rings. The quantitative estimate of drug-likeness (QED) is 0.736. The van der Waals surface area contributed by atoms with Crippen LogP contribution in [0.15, 0.2) is 22.5 Å². The third kappa shape index (κ3) is 4.85. The third-order valence-corrected chi connectivity index (χ3v) is 6.35. The lowest BCUT2D eigenvalue weighted by Crippen LogP contribution is -2.35. The van der Waals surface area contributed by atoms with Gasteiger partial charge >= 0.3 is 0 Å². The molecule has 1 unspecified atom stereocenters. The van der Waals surface area contributed by atoms with Crippen LogP contribution < -0.4 is 5.32 Å². The van der Waals surface area contributed by atoms with Crippen LogP contribution in [0.4, 0.5) is 0 Å². The zero-order valence-electron chi connectivity index (χ0n) is 15.8. The summed E-state index contributed by atoms with van der Waals surface area (Å²) in [5, 5.41) is 15.1. The van der Waals surface area contributed by atoms with E-state index in [2.05, 4.69) is 27.3 Å². The number of rotatable bonds is 7.